The minimum atomic E-state index is -3.49. The smallest absolute Gasteiger partial charge is 0.242 e. The van der Waals surface area contributed by atoms with Crippen LogP contribution >= 0.6 is 0 Å². The highest BCUT2D eigenvalue weighted by atomic mass is 32.2. The zero-order valence-corrected chi connectivity index (χ0v) is 19.4. The van der Waals surface area contributed by atoms with E-state index < -0.39 is 10.0 Å². The SMILES string of the molecule is CN(CC(=O)N1CCCc2cc(S(=O)(=O)N(C)C)ccc21)C1CCCc2ccccc21. The van der Waals surface area contributed by atoms with Crippen LogP contribution in [0.2, 0.25) is 0 Å². The van der Waals surface area contributed by atoms with Gasteiger partial charge in [0.15, 0.2) is 0 Å². The maximum atomic E-state index is 13.3. The van der Waals surface area contributed by atoms with Gasteiger partial charge in [-0.25, -0.2) is 12.7 Å². The molecule has 7 heteroatoms. The van der Waals surface area contributed by atoms with Crippen molar-refractivity contribution >= 4 is 21.6 Å². The van der Waals surface area contributed by atoms with Gasteiger partial charge in [0.25, 0.3) is 0 Å². The van der Waals surface area contributed by atoms with Crippen molar-refractivity contribution in [3.05, 3.63) is 59.2 Å². The van der Waals surface area contributed by atoms with Gasteiger partial charge in [-0.3, -0.25) is 9.69 Å². The van der Waals surface area contributed by atoms with Crippen LogP contribution in [0.25, 0.3) is 0 Å². The highest BCUT2D eigenvalue weighted by Crippen LogP contribution is 2.34. The lowest BCUT2D eigenvalue weighted by Gasteiger charge is -2.35. The summed E-state index contributed by atoms with van der Waals surface area (Å²) in [6.07, 6.45) is 4.91. The van der Waals surface area contributed by atoms with Crippen LogP contribution < -0.4 is 4.90 Å². The van der Waals surface area contributed by atoms with Crippen LogP contribution in [0.3, 0.4) is 0 Å². The Morgan fingerprint density at radius 3 is 2.55 bits per heavy atom. The predicted octanol–water partition coefficient (Wildman–Crippen LogP) is 3.23. The number of benzene rings is 2. The highest BCUT2D eigenvalue weighted by Gasteiger charge is 2.29. The zero-order valence-electron chi connectivity index (χ0n) is 18.5. The van der Waals surface area contributed by atoms with E-state index in [-0.39, 0.29) is 16.8 Å². The largest absolute Gasteiger partial charge is 0.311 e. The summed E-state index contributed by atoms with van der Waals surface area (Å²) in [7, 11) is 1.60. The van der Waals surface area contributed by atoms with E-state index in [0.29, 0.717) is 13.1 Å². The molecule has 2 aliphatic rings. The van der Waals surface area contributed by atoms with Crippen molar-refractivity contribution in [2.24, 2.45) is 0 Å². The lowest BCUT2D eigenvalue weighted by molar-refractivity contribution is -0.120. The fourth-order valence-electron chi connectivity index (χ4n) is 4.80. The van der Waals surface area contributed by atoms with Crippen molar-refractivity contribution < 1.29 is 13.2 Å². The summed E-state index contributed by atoms with van der Waals surface area (Å²) in [6.45, 7) is 1.01. The molecule has 4 rings (SSSR count). The third-order valence-electron chi connectivity index (χ3n) is 6.50. The molecular formula is C24H31N3O3S. The summed E-state index contributed by atoms with van der Waals surface area (Å²) in [6, 6.07) is 13.9. The highest BCUT2D eigenvalue weighted by molar-refractivity contribution is 7.89. The average Bonchev–Trinajstić information content (AvgIpc) is 2.77. The second kappa shape index (κ2) is 8.73. The Balaban J connectivity index is 1.53. The molecule has 2 aromatic rings. The molecule has 0 radical (unpaired) electrons. The van der Waals surface area contributed by atoms with Gasteiger partial charge in [-0.05, 0) is 74.0 Å². The van der Waals surface area contributed by atoms with E-state index in [1.54, 1.807) is 18.2 Å². The van der Waals surface area contributed by atoms with Crippen LogP contribution in [0.5, 0.6) is 0 Å². The molecule has 1 aliphatic carbocycles. The number of fused-ring (bicyclic) bond motifs is 2. The van der Waals surface area contributed by atoms with Gasteiger partial charge in [-0.1, -0.05) is 24.3 Å². The van der Waals surface area contributed by atoms with E-state index in [1.165, 1.54) is 29.5 Å². The van der Waals surface area contributed by atoms with E-state index >= 15 is 0 Å². The monoisotopic (exact) mass is 441 g/mol. The first-order valence-electron chi connectivity index (χ1n) is 10.9. The molecular weight excluding hydrogens is 410 g/mol. The fraction of sp³-hybridized carbons (Fsp3) is 0.458. The first kappa shape index (κ1) is 22.0. The standard InChI is InChI=1S/C24H31N3O3S/c1-25(2)31(29,30)20-13-14-22-19(16-20)10-7-15-27(22)24(28)17-26(3)23-12-6-9-18-8-4-5-11-21(18)23/h4-5,8,11,13-14,16,23H,6-7,9-10,12,15,17H2,1-3H3. The van der Waals surface area contributed by atoms with Crippen molar-refractivity contribution in [3.63, 3.8) is 0 Å². The molecule has 0 aromatic heterocycles. The van der Waals surface area contributed by atoms with Gasteiger partial charge in [0, 0.05) is 32.4 Å². The van der Waals surface area contributed by atoms with E-state index in [9.17, 15) is 13.2 Å². The summed E-state index contributed by atoms with van der Waals surface area (Å²) >= 11 is 0. The predicted molar refractivity (Wildman–Crippen MR) is 123 cm³/mol. The van der Waals surface area contributed by atoms with Gasteiger partial charge >= 0.3 is 0 Å². The Morgan fingerprint density at radius 2 is 1.77 bits per heavy atom. The molecule has 2 aromatic carbocycles. The van der Waals surface area contributed by atoms with Crippen molar-refractivity contribution in [1.29, 1.82) is 0 Å². The topological polar surface area (TPSA) is 60.9 Å². The van der Waals surface area contributed by atoms with Crippen molar-refractivity contribution in [1.82, 2.24) is 9.21 Å². The second-order valence-electron chi connectivity index (χ2n) is 8.75. The number of rotatable bonds is 5. The quantitative estimate of drug-likeness (QED) is 0.715. The minimum absolute atomic E-state index is 0.0646. The molecule has 0 bridgehead atoms. The lowest BCUT2D eigenvalue weighted by Crippen LogP contribution is -2.43. The number of likely N-dealkylation sites (N-methyl/N-ethyl adjacent to an activating group) is 1. The number of carbonyl (C=O) groups excluding carboxylic acids is 1. The number of aryl methyl sites for hydroxylation is 2. The van der Waals surface area contributed by atoms with Gasteiger partial charge < -0.3 is 4.90 Å². The van der Waals surface area contributed by atoms with Gasteiger partial charge in [0.1, 0.15) is 0 Å². The van der Waals surface area contributed by atoms with Gasteiger partial charge in [0.2, 0.25) is 15.9 Å². The molecule has 6 nitrogen and oxygen atoms in total. The summed E-state index contributed by atoms with van der Waals surface area (Å²) in [5.41, 5.74) is 4.48. The van der Waals surface area contributed by atoms with Crippen LogP contribution in [-0.2, 0) is 27.7 Å². The molecule has 0 N–H and O–H groups in total. The molecule has 0 spiro atoms. The van der Waals surface area contributed by atoms with E-state index in [2.05, 4.69) is 29.2 Å². The number of hydrogen-bond donors (Lipinski definition) is 0. The van der Waals surface area contributed by atoms with Gasteiger partial charge in [0.05, 0.1) is 11.4 Å². The number of carbonyl (C=O) groups is 1. The van der Waals surface area contributed by atoms with Gasteiger partial charge in [-0.15, -0.1) is 0 Å². The van der Waals surface area contributed by atoms with Crippen LogP contribution in [-0.4, -0.2) is 57.8 Å². The summed E-state index contributed by atoms with van der Waals surface area (Å²) in [4.78, 5) is 17.5. The maximum absolute atomic E-state index is 13.3. The normalized spacial score (nSPS) is 18.7. The Morgan fingerprint density at radius 1 is 1.03 bits per heavy atom. The zero-order chi connectivity index (χ0) is 22.2. The molecule has 1 aliphatic heterocycles. The third-order valence-corrected chi connectivity index (χ3v) is 8.31. The summed E-state index contributed by atoms with van der Waals surface area (Å²) < 4.78 is 26.2. The molecule has 1 unspecified atom stereocenters. The van der Waals surface area contributed by atoms with E-state index in [1.807, 2.05) is 11.9 Å². The van der Waals surface area contributed by atoms with Crippen molar-refractivity contribution in [2.75, 3.05) is 39.1 Å². The van der Waals surface area contributed by atoms with Gasteiger partial charge in [-0.2, -0.15) is 0 Å². The third kappa shape index (κ3) is 4.27. The fourth-order valence-corrected chi connectivity index (χ4v) is 5.75. The lowest BCUT2D eigenvalue weighted by atomic mass is 9.87. The Kier molecular flexibility index (Phi) is 6.19. The molecule has 1 atom stereocenters. The maximum Gasteiger partial charge on any atom is 0.242 e. The number of nitrogens with zero attached hydrogens (tertiary/aromatic N) is 3. The molecule has 31 heavy (non-hydrogen) atoms. The molecule has 0 fully saturated rings. The minimum Gasteiger partial charge on any atom is -0.311 e. The Labute approximate surface area is 185 Å². The first-order valence-corrected chi connectivity index (χ1v) is 12.4. The number of anilines is 1. The van der Waals surface area contributed by atoms with Crippen LogP contribution in [0.15, 0.2) is 47.4 Å². The number of sulfonamides is 1. The Hall–Kier alpha value is -2.22. The van der Waals surface area contributed by atoms with Crippen LogP contribution in [0.1, 0.15) is 42.0 Å². The van der Waals surface area contributed by atoms with E-state index in [0.717, 1.165) is 43.4 Å². The number of amides is 1. The second-order valence-corrected chi connectivity index (χ2v) is 10.9. The van der Waals surface area contributed by atoms with Crippen molar-refractivity contribution in [3.8, 4) is 0 Å². The first-order chi connectivity index (χ1) is 14.8. The molecule has 1 amide bonds. The molecule has 0 saturated carbocycles. The molecule has 1 heterocycles. The molecule has 166 valence electrons. The summed E-state index contributed by atoms with van der Waals surface area (Å²) in [5, 5.41) is 0. The van der Waals surface area contributed by atoms with Crippen LogP contribution in [0.4, 0.5) is 5.69 Å². The van der Waals surface area contributed by atoms with Crippen LogP contribution in [0, 0.1) is 0 Å². The Bertz CT molecular complexity index is 1080. The summed E-state index contributed by atoms with van der Waals surface area (Å²) in [5.74, 6) is 0.0646. The average molecular weight is 442 g/mol. The molecule has 0 saturated heterocycles. The van der Waals surface area contributed by atoms with E-state index in [4.69, 9.17) is 0 Å². The number of hydrogen-bond acceptors (Lipinski definition) is 4. The van der Waals surface area contributed by atoms with Crippen molar-refractivity contribution in [2.45, 2.75) is 43.0 Å².